The molecule has 0 spiro atoms. The monoisotopic (exact) mass is 98.1 g/mol. The summed E-state index contributed by atoms with van der Waals surface area (Å²) >= 11 is 0. The number of hydrogen-bond donors (Lipinski definition) is 1. The van der Waals surface area contributed by atoms with E-state index in [2.05, 4.69) is 24.4 Å². The molecule has 0 saturated carbocycles. The SMILES string of the molecule is CC1(C)C=NNC1. The second kappa shape index (κ2) is 1.22. The highest BCUT2D eigenvalue weighted by atomic mass is 15.3. The van der Waals surface area contributed by atoms with Gasteiger partial charge in [0, 0.05) is 18.2 Å². The molecule has 7 heavy (non-hydrogen) atoms. The van der Waals surface area contributed by atoms with E-state index in [4.69, 9.17) is 0 Å². The summed E-state index contributed by atoms with van der Waals surface area (Å²) in [6, 6.07) is 0. The van der Waals surface area contributed by atoms with Gasteiger partial charge in [0.1, 0.15) is 0 Å². The lowest BCUT2D eigenvalue weighted by atomic mass is 9.97. The van der Waals surface area contributed by atoms with E-state index >= 15 is 0 Å². The minimum Gasteiger partial charge on any atom is -0.309 e. The zero-order valence-corrected chi connectivity index (χ0v) is 4.73. The Morgan fingerprint density at radius 3 is 2.57 bits per heavy atom. The Morgan fingerprint density at radius 2 is 2.43 bits per heavy atom. The Balaban J connectivity index is 2.57. The van der Waals surface area contributed by atoms with Crippen LogP contribution in [0.3, 0.4) is 0 Å². The second-order valence-electron chi connectivity index (χ2n) is 2.58. The van der Waals surface area contributed by atoms with Crippen LogP contribution in [-0.2, 0) is 0 Å². The fraction of sp³-hybridized carbons (Fsp3) is 0.800. The Morgan fingerprint density at radius 1 is 1.71 bits per heavy atom. The highest BCUT2D eigenvalue weighted by Crippen LogP contribution is 2.12. The maximum absolute atomic E-state index is 3.86. The van der Waals surface area contributed by atoms with Crippen LogP contribution in [-0.4, -0.2) is 12.8 Å². The van der Waals surface area contributed by atoms with Crippen LogP contribution in [0.2, 0.25) is 0 Å². The van der Waals surface area contributed by atoms with Crippen LogP contribution in [0, 0.1) is 5.41 Å². The molecule has 1 aliphatic heterocycles. The van der Waals surface area contributed by atoms with Crippen molar-refractivity contribution in [3.05, 3.63) is 0 Å². The van der Waals surface area contributed by atoms with Crippen molar-refractivity contribution in [1.82, 2.24) is 5.43 Å². The first-order valence-electron chi connectivity index (χ1n) is 2.48. The van der Waals surface area contributed by atoms with E-state index in [-0.39, 0.29) is 0 Å². The number of hydrogen-bond acceptors (Lipinski definition) is 2. The quantitative estimate of drug-likeness (QED) is 0.471. The molecule has 2 heteroatoms. The van der Waals surface area contributed by atoms with Crippen LogP contribution in [0.4, 0.5) is 0 Å². The van der Waals surface area contributed by atoms with Crippen molar-refractivity contribution < 1.29 is 0 Å². The lowest BCUT2D eigenvalue weighted by molar-refractivity contribution is 0.529. The third-order valence-electron chi connectivity index (χ3n) is 1.04. The minimum atomic E-state index is 0.292. The molecule has 0 amide bonds. The van der Waals surface area contributed by atoms with E-state index < -0.39 is 0 Å². The van der Waals surface area contributed by atoms with Crippen molar-refractivity contribution >= 4 is 6.21 Å². The van der Waals surface area contributed by atoms with Crippen molar-refractivity contribution in [2.24, 2.45) is 10.5 Å². The summed E-state index contributed by atoms with van der Waals surface area (Å²) in [5.74, 6) is 0. The molecule has 0 bridgehead atoms. The Hall–Kier alpha value is -0.530. The third kappa shape index (κ3) is 0.918. The van der Waals surface area contributed by atoms with Gasteiger partial charge in [-0.25, -0.2) is 0 Å². The van der Waals surface area contributed by atoms with E-state index in [1.807, 2.05) is 6.21 Å². The van der Waals surface area contributed by atoms with Crippen LogP contribution in [0.25, 0.3) is 0 Å². The van der Waals surface area contributed by atoms with Crippen LogP contribution < -0.4 is 5.43 Å². The van der Waals surface area contributed by atoms with Crippen molar-refractivity contribution in [3.8, 4) is 0 Å². The van der Waals surface area contributed by atoms with Gasteiger partial charge in [0.2, 0.25) is 0 Å². The number of nitrogens with zero attached hydrogens (tertiary/aromatic N) is 1. The topological polar surface area (TPSA) is 24.4 Å². The molecule has 2 nitrogen and oxygen atoms in total. The van der Waals surface area contributed by atoms with Gasteiger partial charge in [-0.05, 0) is 0 Å². The molecule has 0 radical (unpaired) electrons. The van der Waals surface area contributed by atoms with E-state index in [0.717, 1.165) is 6.54 Å². The predicted molar refractivity (Wildman–Crippen MR) is 30.3 cm³/mol. The summed E-state index contributed by atoms with van der Waals surface area (Å²) < 4.78 is 0. The van der Waals surface area contributed by atoms with Crippen LogP contribution >= 0.6 is 0 Å². The molecule has 1 heterocycles. The zero-order valence-electron chi connectivity index (χ0n) is 4.73. The molecular formula is C5H10N2. The summed E-state index contributed by atoms with van der Waals surface area (Å²) in [6.07, 6.45) is 1.94. The lowest BCUT2D eigenvalue weighted by Gasteiger charge is -2.08. The molecule has 0 aromatic rings. The highest BCUT2D eigenvalue weighted by Gasteiger charge is 2.17. The molecule has 0 saturated heterocycles. The van der Waals surface area contributed by atoms with Gasteiger partial charge in [-0.3, -0.25) is 0 Å². The summed E-state index contributed by atoms with van der Waals surface area (Å²) in [5, 5.41) is 3.86. The molecule has 40 valence electrons. The first kappa shape index (κ1) is 4.62. The third-order valence-corrected chi connectivity index (χ3v) is 1.04. The van der Waals surface area contributed by atoms with Crippen LogP contribution in [0.5, 0.6) is 0 Å². The largest absolute Gasteiger partial charge is 0.309 e. The summed E-state index contributed by atoms with van der Waals surface area (Å²) in [5.41, 5.74) is 3.17. The zero-order chi connectivity index (χ0) is 5.33. The molecule has 0 unspecified atom stereocenters. The Labute approximate surface area is 43.6 Å². The fourth-order valence-corrected chi connectivity index (χ4v) is 0.515. The summed E-state index contributed by atoms with van der Waals surface area (Å²) in [6.45, 7) is 5.28. The number of hydrazone groups is 1. The number of rotatable bonds is 0. The van der Waals surface area contributed by atoms with Gasteiger partial charge < -0.3 is 5.43 Å². The predicted octanol–water partition coefficient (Wildman–Crippen LogP) is 0.602. The summed E-state index contributed by atoms with van der Waals surface area (Å²) in [7, 11) is 0. The molecule has 0 aliphatic carbocycles. The van der Waals surface area contributed by atoms with Gasteiger partial charge in [-0.1, -0.05) is 13.8 Å². The van der Waals surface area contributed by atoms with Crippen LogP contribution in [0.15, 0.2) is 5.10 Å². The van der Waals surface area contributed by atoms with Gasteiger partial charge in [0.15, 0.2) is 0 Å². The molecular weight excluding hydrogens is 88.1 g/mol. The maximum Gasteiger partial charge on any atom is 0.0430 e. The molecule has 0 aromatic carbocycles. The first-order valence-corrected chi connectivity index (χ1v) is 2.48. The van der Waals surface area contributed by atoms with E-state index in [1.165, 1.54) is 0 Å². The van der Waals surface area contributed by atoms with Crippen LogP contribution in [0.1, 0.15) is 13.8 Å². The lowest BCUT2D eigenvalue weighted by Crippen LogP contribution is -2.18. The van der Waals surface area contributed by atoms with Gasteiger partial charge in [-0.2, -0.15) is 5.10 Å². The molecule has 0 fully saturated rings. The van der Waals surface area contributed by atoms with Gasteiger partial charge in [-0.15, -0.1) is 0 Å². The fourth-order valence-electron chi connectivity index (χ4n) is 0.515. The molecule has 1 aliphatic rings. The van der Waals surface area contributed by atoms with Gasteiger partial charge in [0.05, 0.1) is 0 Å². The van der Waals surface area contributed by atoms with E-state index in [1.54, 1.807) is 0 Å². The molecule has 1 N–H and O–H groups in total. The Kier molecular flexibility index (Phi) is 0.805. The minimum absolute atomic E-state index is 0.292. The average Bonchev–Trinajstić information content (AvgIpc) is 1.84. The molecule has 0 atom stereocenters. The molecule has 1 rings (SSSR count). The summed E-state index contributed by atoms with van der Waals surface area (Å²) in [4.78, 5) is 0. The van der Waals surface area contributed by atoms with Crippen molar-refractivity contribution in [2.75, 3.05) is 6.54 Å². The first-order chi connectivity index (χ1) is 3.21. The average molecular weight is 98.1 g/mol. The van der Waals surface area contributed by atoms with Gasteiger partial charge >= 0.3 is 0 Å². The second-order valence-corrected chi connectivity index (χ2v) is 2.58. The van der Waals surface area contributed by atoms with Gasteiger partial charge in [0.25, 0.3) is 0 Å². The number of nitrogens with one attached hydrogen (secondary N) is 1. The molecule has 0 aromatic heterocycles. The highest BCUT2D eigenvalue weighted by molar-refractivity contribution is 5.66. The Bertz CT molecular complexity index is 94.3. The van der Waals surface area contributed by atoms with Crippen molar-refractivity contribution in [2.45, 2.75) is 13.8 Å². The maximum atomic E-state index is 3.86. The van der Waals surface area contributed by atoms with E-state index in [0.29, 0.717) is 5.41 Å². The van der Waals surface area contributed by atoms with Crippen molar-refractivity contribution in [1.29, 1.82) is 0 Å². The normalized spacial score (nSPS) is 24.9. The van der Waals surface area contributed by atoms with Crippen molar-refractivity contribution in [3.63, 3.8) is 0 Å². The standard InChI is InChI=1S/C5H10N2/c1-5(2)3-6-7-4-5/h3,7H,4H2,1-2H3. The smallest absolute Gasteiger partial charge is 0.0430 e. The van der Waals surface area contributed by atoms with E-state index in [9.17, 15) is 0 Å².